The van der Waals surface area contributed by atoms with Crippen LogP contribution in [0.25, 0.3) is 0 Å². The molecule has 1 unspecified atom stereocenters. The summed E-state index contributed by atoms with van der Waals surface area (Å²) in [5.41, 5.74) is 3.84. The predicted molar refractivity (Wildman–Crippen MR) is 103 cm³/mol. The zero-order valence-electron chi connectivity index (χ0n) is 15.7. The first-order chi connectivity index (χ1) is 12.0. The van der Waals surface area contributed by atoms with Crippen molar-refractivity contribution in [3.05, 3.63) is 71.3 Å². The summed E-state index contributed by atoms with van der Waals surface area (Å²) in [4.78, 5) is 2.29. The van der Waals surface area contributed by atoms with Crippen LogP contribution in [0.1, 0.15) is 30.5 Å². The van der Waals surface area contributed by atoms with Crippen LogP contribution < -0.4 is 0 Å². The Bertz CT molecular complexity index is 612. The molecule has 3 nitrogen and oxygen atoms in total. The fourth-order valence-electron chi connectivity index (χ4n) is 2.85. The van der Waals surface area contributed by atoms with Crippen LogP contribution in [0.3, 0.4) is 0 Å². The van der Waals surface area contributed by atoms with Crippen molar-refractivity contribution in [1.29, 1.82) is 0 Å². The smallest absolute Gasteiger partial charge is 0.0900 e. The highest BCUT2D eigenvalue weighted by atomic mass is 16.5. The van der Waals surface area contributed by atoms with E-state index < -0.39 is 6.10 Å². The first-order valence-corrected chi connectivity index (χ1v) is 9.11. The van der Waals surface area contributed by atoms with Gasteiger partial charge in [-0.05, 0) is 29.5 Å². The van der Waals surface area contributed by atoms with Gasteiger partial charge in [-0.25, -0.2) is 0 Å². The van der Waals surface area contributed by atoms with Crippen LogP contribution in [0, 0.1) is 12.8 Å². The highest BCUT2D eigenvalue weighted by Crippen LogP contribution is 2.14. The summed E-state index contributed by atoms with van der Waals surface area (Å²) in [6.45, 7) is 9.68. The lowest BCUT2D eigenvalue weighted by molar-refractivity contribution is 0.00552. The van der Waals surface area contributed by atoms with Gasteiger partial charge in [0.1, 0.15) is 0 Å². The summed E-state index contributed by atoms with van der Waals surface area (Å²) in [5, 5.41) is 10.4. The number of aryl methyl sites for hydroxylation is 1. The van der Waals surface area contributed by atoms with E-state index in [-0.39, 0.29) is 0 Å². The molecule has 0 aliphatic heterocycles. The van der Waals surface area contributed by atoms with Crippen molar-refractivity contribution in [2.75, 3.05) is 19.8 Å². The van der Waals surface area contributed by atoms with Gasteiger partial charge in [-0.15, -0.1) is 0 Å². The first-order valence-electron chi connectivity index (χ1n) is 9.11. The molecule has 0 saturated carbocycles. The number of rotatable bonds is 10. The molecule has 0 saturated heterocycles. The van der Waals surface area contributed by atoms with Crippen LogP contribution in [0.5, 0.6) is 0 Å². The first kappa shape index (κ1) is 19.6. The van der Waals surface area contributed by atoms with Gasteiger partial charge in [0, 0.05) is 26.2 Å². The maximum atomic E-state index is 10.4. The van der Waals surface area contributed by atoms with E-state index in [1.54, 1.807) is 0 Å². The van der Waals surface area contributed by atoms with Crippen LogP contribution >= 0.6 is 0 Å². The number of hydrogen-bond donors (Lipinski definition) is 1. The fourth-order valence-corrected chi connectivity index (χ4v) is 2.85. The minimum atomic E-state index is -0.480. The van der Waals surface area contributed by atoms with E-state index >= 15 is 0 Å². The Morgan fingerprint density at radius 2 is 1.60 bits per heavy atom. The number of hydrogen-bond acceptors (Lipinski definition) is 3. The van der Waals surface area contributed by atoms with E-state index in [9.17, 15) is 5.11 Å². The normalized spacial score (nSPS) is 12.7. The van der Waals surface area contributed by atoms with Crippen molar-refractivity contribution < 1.29 is 9.84 Å². The number of ether oxygens (including phenoxy) is 1. The van der Waals surface area contributed by atoms with E-state index in [2.05, 4.69) is 74.2 Å². The lowest BCUT2D eigenvalue weighted by Gasteiger charge is -2.26. The minimum absolute atomic E-state index is 0.386. The van der Waals surface area contributed by atoms with Gasteiger partial charge < -0.3 is 9.84 Å². The molecule has 2 aromatic carbocycles. The molecule has 0 bridgehead atoms. The van der Waals surface area contributed by atoms with Gasteiger partial charge >= 0.3 is 0 Å². The van der Waals surface area contributed by atoms with Crippen LogP contribution in [0.2, 0.25) is 0 Å². The third-order valence-electron chi connectivity index (χ3n) is 4.13. The van der Waals surface area contributed by atoms with Gasteiger partial charge in [0.25, 0.3) is 0 Å². The van der Waals surface area contributed by atoms with Crippen LogP contribution in [0.4, 0.5) is 0 Å². The average molecular weight is 341 g/mol. The van der Waals surface area contributed by atoms with Gasteiger partial charge in [0.05, 0.1) is 12.7 Å². The standard InChI is InChI=1S/C22H31NO2/c1-18(2)16-25-17-22(24)15-23(13-20-10-5-4-6-11-20)14-21-12-8-7-9-19(21)3/h4-12,18,22,24H,13-17H2,1-3H3. The maximum absolute atomic E-state index is 10.4. The van der Waals surface area contributed by atoms with Crippen molar-refractivity contribution in [3.8, 4) is 0 Å². The molecule has 136 valence electrons. The third kappa shape index (κ3) is 7.39. The summed E-state index contributed by atoms with van der Waals surface area (Å²) < 4.78 is 5.61. The topological polar surface area (TPSA) is 32.7 Å². The highest BCUT2D eigenvalue weighted by molar-refractivity contribution is 5.25. The molecule has 0 amide bonds. The summed E-state index contributed by atoms with van der Waals surface area (Å²) in [6.07, 6.45) is -0.480. The zero-order chi connectivity index (χ0) is 18.1. The van der Waals surface area contributed by atoms with E-state index in [1.165, 1.54) is 16.7 Å². The van der Waals surface area contributed by atoms with Crippen molar-refractivity contribution in [1.82, 2.24) is 4.90 Å². The van der Waals surface area contributed by atoms with Gasteiger partial charge in [-0.2, -0.15) is 0 Å². The molecule has 0 spiro atoms. The summed E-state index contributed by atoms with van der Waals surface area (Å²) >= 11 is 0. The summed E-state index contributed by atoms with van der Waals surface area (Å²) in [7, 11) is 0. The number of aliphatic hydroxyl groups excluding tert-OH is 1. The van der Waals surface area contributed by atoms with E-state index in [0.29, 0.717) is 25.7 Å². The number of nitrogens with zero attached hydrogens (tertiary/aromatic N) is 1. The Labute approximate surface area is 152 Å². The number of aliphatic hydroxyl groups is 1. The van der Waals surface area contributed by atoms with Crippen LogP contribution in [-0.2, 0) is 17.8 Å². The molecule has 0 heterocycles. The Kier molecular flexibility index (Phi) is 8.13. The van der Waals surface area contributed by atoms with Crippen molar-refractivity contribution in [2.45, 2.75) is 40.0 Å². The molecule has 1 N–H and O–H groups in total. The molecule has 0 aliphatic rings. The molecular formula is C22H31NO2. The summed E-state index contributed by atoms with van der Waals surface area (Å²) in [6, 6.07) is 18.9. The quantitative estimate of drug-likeness (QED) is 0.708. The molecule has 0 aromatic heterocycles. The lowest BCUT2D eigenvalue weighted by atomic mass is 10.1. The molecule has 2 rings (SSSR count). The average Bonchev–Trinajstić information content (AvgIpc) is 2.57. The van der Waals surface area contributed by atoms with Gasteiger partial charge in [0.15, 0.2) is 0 Å². The van der Waals surface area contributed by atoms with E-state index in [1.807, 2.05) is 6.07 Å². The number of benzene rings is 2. The van der Waals surface area contributed by atoms with Crippen LogP contribution in [0.15, 0.2) is 54.6 Å². The van der Waals surface area contributed by atoms with Crippen molar-refractivity contribution in [2.24, 2.45) is 5.92 Å². The molecule has 0 fully saturated rings. The Hall–Kier alpha value is -1.68. The van der Waals surface area contributed by atoms with Gasteiger partial charge in [-0.1, -0.05) is 68.4 Å². The largest absolute Gasteiger partial charge is 0.389 e. The van der Waals surface area contributed by atoms with E-state index in [0.717, 1.165) is 13.1 Å². The molecule has 25 heavy (non-hydrogen) atoms. The Morgan fingerprint density at radius 1 is 0.920 bits per heavy atom. The molecule has 3 heteroatoms. The predicted octanol–water partition coefficient (Wildman–Crippen LogP) is 4.03. The Morgan fingerprint density at radius 3 is 2.28 bits per heavy atom. The monoisotopic (exact) mass is 341 g/mol. The second-order valence-electron chi connectivity index (χ2n) is 7.17. The van der Waals surface area contributed by atoms with Crippen molar-refractivity contribution in [3.63, 3.8) is 0 Å². The molecule has 0 aliphatic carbocycles. The minimum Gasteiger partial charge on any atom is -0.389 e. The zero-order valence-corrected chi connectivity index (χ0v) is 15.7. The molecule has 1 atom stereocenters. The SMILES string of the molecule is Cc1ccccc1CN(Cc1ccccc1)CC(O)COCC(C)C. The van der Waals surface area contributed by atoms with Gasteiger partial charge in [0.2, 0.25) is 0 Å². The second kappa shape index (κ2) is 10.3. The van der Waals surface area contributed by atoms with Gasteiger partial charge in [-0.3, -0.25) is 4.90 Å². The lowest BCUT2D eigenvalue weighted by Crippen LogP contribution is -2.34. The maximum Gasteiger partial charge on any atom is 0.0900 e. The molecule has 0 radical (unpaired) electrons. The summed E-state index contributed by atoms with van der Waals surface area (Å²) in [5.74, 6) is 0.486. The molecule has 2 aromatic rings. The third-order valence-corrected chi connectivity index (χ3v) is 4.13. The van der Waals surface area contributed by atoms with E-state index in [4.69, 9.17) is 4.74 Å². The van der Waals surface area contributed by atoms with Crippen molar-refractivity contribution >= 4 is 0 Å². The highest BCUT2D eigenvalue weighted by Gasteiger charge is 2.14. The molecular weight excluding hydrogens is 310 g/mol. The Balaban J connectivity index is 2.00. The fraction of sp³-hybridized carbons (Fsp3) is 0.455. The second-order valence-corrected chi connectivity index (χ2v) is 7.17. The van der Waals surface area contributed by atoms with Crippen LogP contribution in [-0.4, -0.2) is 35.9 Å².